The first-order chi connectivity index (χ1) is 10.6. The molecule has 0 saturated carbocycles. The number of nitrogens with one attached hydrogen (secondary N) is 1. The van der Waals surface area contributed by atoms with E-state index in [0.717, 1.165) is 0 Å². The fourth-order valence-corrected chi connectivity index (χ4v) is 3.88. The minimum atomic E-state index is -4.20. The molecule has 0 aromatic carbocycles. The van der Waals surface area contributed by atoms with Crippen molar-refractivity contribution in [2.24, 2.45) is 5.92 Å². The van der Waals surface area contributed by atoms with Crippen molar-refractivity contribution in [1.29, 1.82) is 0 Å². The summed E-state index contributed by atoms with van der Waals surface area (Å²) in [6, 6.07) is 0. The van der Waals surface area contributed by atoms with Crippen LogP contribution in [0.15, 0.2) is 15.8 Å². The number of H-pyrrole nitrogens is 1. The van der Waals surface area contributed by atoms with E-state index in [1.807, 2.05) is 0 Å². The number of thiol groups is 1. The zero-order valence-electron chi connectivity index (χ0n) is 12.6. The lowest BCUT2D eigenvalue weighted by molar-refractivity contribution is -0.0367. The number of hydrogen-bond donors (Lipinski definition) is 4. The Kier molecular flexibility index (Phi) is 5.55. The zero-order valence-corrected chi connectivity index (χ0v) is 14.4. The third-order valence-electron chi connectivity index (χ3n) is 3.79. The summed E-state index contributed by atoms with van der Waals surface area (Å²) in [6.45, 7) is 3.19. The van der Waals surface area contributed by atoms with E-state index >= 15 is 0 Å². The van der Waals surface area contributed by atoms with Gasteiger partial charge in [0.1, 0.15) is 12.3 Å². The van der Waals surface area contributed by atoms with E-state index in [4.69, 9.17) is 18.7 Å². The van der Waals surface area contributed by atoms with Gasteiger partial charge < -0.3 is 18.7 Å². The number of ether oxygens (including phenoxy) is 1. The van der Waals surface area contributed by atoms with E-state index in [1.165, 1.54) is 10.8 Å². The lowest BCUT2D eigenvalue weighted by atomic mass is 10.0. The largest absolute Gasteiger partial charge is 0.351 e. The summed E-state index contributed by atoms with van der Waals surface area (Å²) in [5.74, 6) is -0.502. The number of aryl methyl sites for hydroxylation is 1. The van der Waals surface area contributed by atoms with E-state index in [2.05, 4.69) is 17.9 Å². The lowest BCUT2D eigenvalue weighted by Gasteiger charge is -2.23. The Morgan fingerprint density at radius 2 is 2.22 bits per heavy atom. The van der Waals surface area contributed by atoms with Crippen molar-refractivity contribution in [3.63, 3.8) is 0 Å². The number of rotatable bonds is 5. The van der Waals surface area contributed by atoms with Crippen LogP contribution in [0.25, 0.3) is 0 Å². The van der Waals surface area contributed by atoms with Crippen molar-refractivity contribution in [3.05, 3.63) is 32.6 Å². The Hall–Kier alpha value is -0.900. The number of nitrogens with zero attached hydrogens (tertiary/aromatic N) is 1. The smallest absolute Gasteiger partial charge is 0.330 e. The molecule has 11 heteroatoms. The predicted octanol–water partition coefficient (Wildman–Crippen LogP) is 0.176. The van der Waals surface area contributed by atoms with Gasteiger partial charge in [-0.2, -0.15) is 0 Å². The number of aromatic nitrogens is 2. The Balaban J connectivity index is 2.25. The lowest BCUT2D eigenvalue weighted by Crippen LogP contribution is -2.34. The van der Waals surface area contributed by atoms with Crippen LogP contribution in [0, 0.1) is 12.8 Å². The van der Waals surface area contributed by atoms with Gasteiger partial charge in [0, 0.05) is 18.2 Å². The molecule has 0 spiro atoms. The molecule has 0 amide bonds. The average molecular weight is 366 g/mol. The van der Waals surface area contributed by atoms with Gasteiger partial charge in [0.05, 0.1) is 12.3 Å². The molecule has 1 aromatic rings. The van der Waals surface area contributed by atoms with E-state index in [9.17, 15) is 14.2 Å². The van der Waals surface area contributed by atoms with Crippen molar-refractivity contribution < 1.29 is 23.3 Å². The Morgan fingerprint density at radius 3 is 2.78 bits per heavy atom. The molecule has 0 bridgehead atoms. The van der Waals surface area contributed by atoms with Gasteiger partial charge in [-0.05, 0) is 25.8 Å². The molecule has 2 heterocycles. The molecular weight excluding hydrogens is 347 g/mol. The quantitative estimate of drug-likeness (QED) is 0.332. The summed E-state index contributed by atoms with van der Waals surface area (Å²) < 4.78 is 23.2. The van der Waals surface area contributed by atoms with Crippen molar-refractivity contribution in [2.75, 3.05) is 6.16 Å². The summed E-state index contributed by atoms with van der Waals surface area (Å²) >= 11 is 3.78. The van der Waals surface area contributed by atoms with Crippen LogP contribution in [0.5, 0.6) is 0 Å². The second kappa shape index (κ2) is 6.92. The molecule has 1 unspecified atom stereocenters. The van der Waals surface area contributed by atoms with Gasteiger partial charge >= 0.3 is 13.3 Å². The fourth-order valence-electron chi connectivity index (χ4n) is 2.72. The maximum Gasteiger partial charge on any atom is 0.330 e. The van der Waals surface area contributed by atoms with Crippen molar-refractivity contribution in [2.45, 2.75) is 38.7 Å². The second-order valence-electron chi connectivity index (χ2n) is 5.74. The van der Waals surface area contributed by atoms with Gasteiger partial charge in [0.2, 0.25) is 0 Å². The van der Waals surface area contributed by atoms with Crippen LogP contribution < -0.4 is 11.2 Å². The maximum absolute atomic E-state index is 11.9. The van der Waals surface area contributed by atoms with Crippen LogP contribution in [0.2, 0.25) is 0 Å². The molecule has 1 aliphatic heterocycles. The molecule has 23 heavy (non-hydrogen) atoms. The topological polar surface area (TPSA) is 131 Å². The van der Waals surface area contributed by atoms with E-state index in [1.54, 1.807) is 13.8 Å². The minimum Gasteiger partial charge on any atom is -0.351 e. The van der Waals surface area contributed by atoms with Crippen LogP contribution in [0.1, 0.15) is 25.1 Å². The van der Waals surface area contributed by atoms with Crippen molar-refractivity contribution in [3.8, 4) is 0 Å². The highest BCUT2D eigenvalue weighted by atomic mass is 32.1. The molecule has 1 aliphatic rings. The highest BCUT2D eigenvalue weighted by Crippen LogP contribution is 2.42. The number of hydrogen-bond acceptors (Lipinski definition) is 6. The first-order valence-corrected chi connectivity index (χ1v) is 9.11. The van der Waals surface area contributed by atoms with Crippen LogP contribution in [0.3, 0.4) is 0 Å². The maximum atomic E-state index is 11.9. The first-order valence-electron chi connectivity index (χ1n) is 6.94. The molecule has 0 radical (unpaired) electrons. The molecule has 3 N–H and O–H groups in total. The van der Waals surface area contributed by atoms with Gasteiger partial charge in [-0.25, -0.2) is 4.79 Å². The Morgan fingerprint density at radius 1 is 1.57 bits per heavy atom. The molecular formula is C12H19N2O7PS. The van der Waals surface area contributed by atoms with Crippen molar-refractivity contribution in [1.82, 2.24) is 9.55 Å². The minimum absolute atomic E-state index is 0.269. The summed E-state index contributed by atoms with van der Waals surface area (Å²) in [4.78, 5) is 43.7. The summed E-state index contributed by atoms with van der Waals surface area (Å²) in [5, 5.41) is 0. The molecule has 1 aromatic heterocycles. The molecule has 2 rings (SSSR count). The van der Waals surface area contributed by atoms with Gasteiger partial charge in [-0.1, -0.05) is 6.92 Å². The third-order valence-corrected chi connectivity index (χ3v) is 5.12. The molecule has 1 saturated heterocycles. The molecule has 4 atom stereocenters. The predicted molar refractivity (Wildman–Crippen MR) is 84.5 cm³/mol. The SMILES string of the molecule is Cc1cn([C@H]2CC(OS)[C@@H]([C@H](C)CP(=O)(O)O)O2)c(=O)[nH]c1=O. The van der Waals surface area contributed by atoms with E-state index < -0.39 is 43.2 Å². The highest BCUT2D eigenvalue weighted by Gasteiger charge is 2.42. The summed E-state index contributed by atoms with van der Waals surface area (Å²) in [5.41, 5.74) is -0.743. The zero-order chi connectivity index (χ0) is 17.4. The van der Waals surface area contributed by atoms with Crippen LogP contribution in [-0.4, -0.2) is 37.7 Å². The van der Waals surface area contributed by atoms with E-state index in [0.29, 0.717) is 5.56 Å². The van der Waals surface area contributed by atoms with Gasteiger partial charge in [0.15, 0.2) is 0 Å². The van der Waals surface area contributed by atoms with Gasteiger partial charge in [-0.3, -0.25) is 18.9 Å². The number of aromatic amines is 1. The summed E-state index contributed by atoms with van der Waals surface area (Å²) in [6.07, 6.45) is -0.590. The Labute approximate surface area is 137 Å². The third kappa shape index (κ3) is 4.34. The monoisotopic (exact) mass is 366 g/mol. The van der Waals surface area contributed by atoms with Crippen LogP contribution in [-0.2, 0) is 13.5 Å². The molecule has 0 aliphatic carbocycles. The van der Waals surface area contributed by atoms with Gasteiger partial charge in [-0.15, -0.1) is 0 Å². The Bertz CT molecular complexity index is 727. The normalized spacial score (nSPS) is 26.4. The molecule has 130 valence electrons. The standard InChI is InChI=1S/C12H19N2O7PS/c1-6-4-14(12(16)13-11(6)15)9-3-8(21-23)10(20-9)7(2)5-22(17,18)19/h4,7-10,23H,3,5H2,1-2H3,(H,13,15,16)(H2,17,18,19)/t7-,8?,9-,10-/m1/s1. The summed E-state index contributed by atoms with van der Waals surface area (Å²) in [7, 11) is -4.20. The van der Waals surface area contributed by atoms with Crippen molar-refractivity contribution >= 4 is 20.5 Å². The molecule has 1 fully saturated rings. The first kappa shape index (κ1) is 18.4. The molecule has 9 nitrogen and oxygen atoms in total. The van der Waals surface area contributed by atoms with Crippen LogP contribution in [0.4, 0.5) is 0 Å². The van der Waals surface area contributed by atoms with E-state index in [-0.39, 0.29) is 12.6 Å². The van der Waals surface area contributed by atoms with Crippen LogP contribution >= 0.6 is 20.5 Å². The second-order valence-corrected chi connectivity index (χ2v) is 7.64. The average Bonchev–Trinajstić information content (AvgIpc) is 2.85. The highest BCUT2D eigenvalue weighted by molar-refractivity contribution is 7.75. The fraction of sp³-hybridized carbons (Fsp3) is 0.667. The van der Waals surface area contributed by atoms with Gasteiger partial charge in [0.25, 0.3) is 5.56 Å².